The lowest BCUT2D eigenvalue weighted by Gasteiger charge is -2.39. The number of hydrogen-bond acceptors (Lipinski definition) is 0. The number of fused-ring (bicyclic) bond motifs is 7. The van der Waals surface area contributed by atoms with Gasteiger partial charge in [-0.25, -0.2) is 0 Å². The molecule has 0 radical (unpaired) electrons. The number of quaternary nitrogens is 1. The summed E-state index contributed by atoms with van der Waals surface area (Å²) in [5, 5.41) is 1.42. The van der Waals surface area contributed by atoms with Gasteiger partial charge in [0.05, 0.1) is 19.3 Å². The number of likely N-dealkylation sites (N-methyl/N-ethyl adjacent to an activating group) is 1. The Kier molecular flexibility index (Phi) is 3.13. The van der Waals surface area contributed by atoms with E-state index in [0.717, 1.165) is 11.0 Å². The van der Waals surface area contributed by atoms with E-state index in [0.29, 0.717) is 6.04 Å². The van der Waals surface area contributed by atoms with Gasteiger partial charge in [-0.3, -0.25) is 0 Å². The van der Waals surface area contributed by atoms with Crippen molar-refractivity contribution in [2.45, 2.75) is 19.0 Å². The molecule has 1 N–H and O–H groups in total. The minimum atomic E-state index is 0. The molecule has 2 unspecified atom stereocenters. The number of halogens is 1. The zero-order valence-corrected chi connectivity index (χ0v) is 14.8. The van der Waals surface area contributed by atoms with Crippen molar-refractivity contribution in [3.05, 3.63) is 70.9 Å². The zero-order chi connectivity index (χ0) is 14.0. The van der Waals surface area contributed by atoms with Crippen LogP contribution in [0, 0.1) is 0 Å². The highest BCUT2D eigenvalue weighted by molar-refractivity contribution is 5.85. The molecular weight excluding hydrogens is 383 g/mol. The van der Waals surface area contributed by atoms with Crippen LogP contribution in [0.25, 0.3) is 10.9 Å². The van der Waals surface area contributed by atoms with Gasteiger partial charge in [-0.15, -0.1) is 0 Å². The molecule has 0 fully saturated rings. The topological polar surface area (TPSA) is 15.8 Å². The van der Waals surface area contributed by atoms with Crippen molar-refractivity contribution in [3.8, 4) is 0 Å². The average Bonchev–Trinajstić information content (AvgIpc) is 3.00. The van der Waals surface area contributed by atoms with Crippen molar-refractivity contribution >= 4 is 10.9 Å². The van der Waals surface area contributed by atoms with Gasteiger partial charge in [0.15, 0.2) is 6.04 Å². The van der Waals surface area contributed by atoms with Crippen LogP contribution in [-0.2, 0) is 13.0 Å². The van der Waals surface area contributed by atoms with Crippen molar-refractivity contribution in [2.75, 3.05) is 13.6 Å². The SMILES string of the molecule is C[N+]12CCc3c([nH]c4ccccc34)C1c1ccccc1C2.[I-]. The molecule has 2 atom stereocenters. The normalized spacial score (nSPS) is 25.2. The van der Waals surface area contributed by atoms with Crippen LogP contribution in [0.1, 0.15) is 28.4 Å². The fourth-order valence-electron chi connectivity index (χ4n) is 4.53. The average molecular weight is 402 g/mol. The quantitative estimate of drug-likeness (QED) is 0.423. The zero-order valence-electron chi connectivity index (χ0n) is 12.6. The molecule has 0 spiro atoms. The number of H-pyrrole nitrogens is 1. The first-order valence-electron chi connectivity index (χ1n) is 7.78. The van der Waals surface area contributed by atoms with Gasteiger partial charge in [0.25, 0.3) is 0 Å². The third kappa shape index (κ3) is 1.75. The minimum Gasteiger partial charge on any atom is -1.00 e. The maximum absolute atomic E-state index is 3.74. The molecule has 2 nitrogen and oxygen atoms in total. The Bertz CT molecular complexity index is 867. The summed E-state index contributed by atoms with van der Waals surface area (Å²) in [6.45, 7) is 2.39. The fraction of sp³-hybridized carbons (Fsp3) is 0.263. The summed E-state index contributed by atoms with van der Waals surface area (Å²) in [5.41, 5.74) is 7.34. The van der Waals surface area contributed by atoms with Gasteiger partial charge in [0, 0.05) is 28.5 Å². The smallest absolute Gasteiger partial charge is 0.156 e. The summed E-state index contributed by atoms with van der Waals surface area (Å²) in [6, 6.07) is 18.2. The van der Waals surface area contributed by atoms with Crippen LogP contribution in [0.4, 0.5) is 0 Å². The number of aromatic nitrogens is 1. The molecule has 5 rings (SSSR count). The Morgan fingerprint density at radius 3 is 2.73 bits per heavy atom. The highest BCUT2D eigenvalue weighted by Crippen LogP contribution is 2.48. The van der Waals surface area contributed by atoms with Crippen LogP contribution in [0.3, 0.4) is 0 Å². The molecule has 2 aromatic carbocycles. The monoisotopic (exact) mass is 402 g/mol. The van der Waals surface area contributed by atoms with Crippen molar-refractivity contribution in [2.24, 2.45) is 0 Å². The van der Waals surface area contributed by atoms with Gasteiger partial charge in [-0.05, 0) is 11.6 Å². The third-order valence-electron chi connectivity index (χ3n) is 5.50. The van der Waals surface area contributed by atoms with Crippen LogP contribution in [0.2, 0.25) is 0 Å². The number of hydrogen-bond donors (Lipinski definition) is 1. The number of para-hydroxylation sites is 1. The van der Waals surface area contributed by atoms with Crippen molar-refractivity contribution in [1.82, 2.24) is 4.98 Å². The molecule has 3 aromatic rings. The number of nitrogens with zero attached hydrogens (tertiary/aromatic N) is 1. The lowest BCUT2D eigenvalue weighted by Crippen LogP contribution is -3.00. The van der Waals surface area contributed by atoms with Gasteiger partial charge >= 0.3 is 0 Å². The van der Waals surface area contributed by atoms with Crippen molar-refractivity contribution < 1.29 is 28.5 Å². The van der Waals surface area contributed by atoms with Crippen LogP contribution < -0.4 is 24.0 Å². The van der Waals surface area contributed by atoms with Gasteiger partial charge in [-0.1, -0.05) is 42.5 Å². The van der Waals surface area contributed by atoms with Crippen molar-refractivity contribution in [1.29, 1.82) is 0 Å². The van der Waals surface area contributed by atoms with Crippen LogP contribution in [-0.4, -0.2) is 23.1 Å². The molecule has 0 aliphatic carbocycles. The van der Waals surface area contributed by atoms with Crippen LogP contribution in [0.15, 0.2) is 48.5 Å². The first-order valence-corrected chi connectivity index (χ1v) is 7.78. The van der Waals surface area contributed by atoms with E-state index in [2.05, 4.69) is 60.6 Å². The highest BCUT2D eigenvalue weighted by atomic mass is 127. The van der Waals surface area contributed by atoms with Gasteiger partial charge < -0.3 is 33.4 Å². The molecule has 3 heterocycles. The summed E-state index contributed by atoms with van der Waals surface area (Å²) in [7, 11) is 2.42. The van der Waals surface area contributed by atoms with E-state index in [1.807, 2.05) is 0 Å². The van der Waals surface area contributed by atoms with E-state index in [4.69, 9.17) is 0 Å². The number of benzene rings is 2. The minimum absolute atomic E-state index is 0. The highest BCUT2D eigenvalue weighted by Gasteiger charge is 2.47. The maximum Gasteiger partial charge on any atom is 0.156 e. The molecule has 112 valence electrons. The second kappa shape index (κ2) is 4.83. The summed E-state index contributed by atoms with van der Waals surface area (Å²) in [5.74, 6) is 0. The molecule has 3 heteroatoms. The number of rotatable bonds is 0. The second-order valence-electron chi connectivity index (χ2n) is 6.78. The molecule has 0 bridgehead atoms. The standard InChI is InChI=1S/C19H19N2.HI/c1-21-11-10-16-15-8-4-5-9-17(15)20-18(16)19(21)14-7-3-2-6-13(14)12-21;/h2-9,19-20H,10-12H2,1H3;1H/q+1;/p-1. The van der Waals surface area contributed by atoms with E-state index in [-0.39, 0.29) is 24.0 Å². The van der Waals surface area contributed by atoms with Crippen LogP contribution in [0.5, 0.6) is 0 Å². The Hall–Kier alpha value is -1.33. The predicted octanol–water partition coefficient (Wildman–Crippen LogP) is 0.778. The molecule has 1 aromatic heterocycles. The molecule has 0 amide bonds. The van der Waals surface area contributed by atoms with E-state index >= 15 is 0 Å². The number of nitrogens with one attached hydrogen (secondary N) is 1. The van der Waals surface area contributed by atoms with E-state index in [1.54, 1.807) is 5.56 Å². The lowest BCUT2D eigenvalue weighted by molar-refractivity contribution is -0.941. The molecule has 0 saturated heterocycles. The van der Waals surface area contributed by atoms with E-state index < -0.39 is 0 Å². The lowest BCUT2D eigenvalue weighted by atomic mass is 9.93. The van der Waals surface area contributed by atoms with E-state index in [1.165, 1.54) is 40.7 Å². The summed E-state index contributed by atoms with van der Waals surface area (Å²) >= 11 is 0. The third-order valence-corrected chi connectivity index (χ3v) is 5.50. The summed E-state index contributed by atoms with van der Waals surface area (Å²) in [4.78, 5) is 3.74. The molecule has 2 aliphatic heterocycles. The Morgan fingerprint density at radius 2 is 1.82 bits per heavy atom. The molecule has 2 aliphatic rings. The first kappa shape index (κ1) is 14.3. The largest absolute Gasteiger partial charge is 1.00 e. The molecule has 22 heavy (non-hydrogen) atoms. The van der Waals surface area contributed by atoms with Crippen molar-refractivity contribution in [3.63, 3.8) is 0 Å². The number of aromatic amines is 1. The molecule has 0 saturated carbocycles. The van der Waals surface area contributed by atoms with Crippen LogP contribution >= 0.6 is 0 Å². The van der Waals surface area contributed by atoms with Gasteiger partial charge in [0.2, 0.25) is 0 Å². The van der Waals surface area contributed by atoms with E-state index in [9.17, 15) is 0 Å². The Balaban J connectivity index is 0.00000125. The van der Waals surface area contributed by atoms with Gasteiger partial charge in [-0.2, -0.15) is 0 Å². The van der Waals surface area contributed by atoms with Gasteiger partial charge in [0.1, 0.15) is 6.54 Å². The summed E-state index contributed by atoms with van der Waals surface area (Å²) in [6.07, 6.45) is 1.18. The molecular formula is C19H19IN2. The Morgan fingerprint density at radius 1 is 1.05 bits per heavy atom. The fourth-order valence-corrected chi connectivity index (χ4v) is 4.53. The first-order chi connectivity index (χ1) is 10.3. The second-order valence-corrected chi connectivity index (χ2v) is 6.78. The Labute approximate surface area is 147 Å². The predicted molar refractivity (Wildman–Crippen MR) is 85.0 cm³/mol. The summed E-state index contributed by atoms with van der Waals surface area (Å²) < 4.78 is 1.12. The maximum atomic E-state index is 3.74.